The van der Waals surface area contributed by atoms with Crippen LogP contribution >= 0.6 is 0 Å². The molecule has 3 rings (SSSR count). The summed E-state index contributed by atoms with van der Waals surface area (Å²) in [6.45, 7) is 1.48. The van der Waals surface area contributed by atoms with Crippen molar-refractivity contribution >= 4 is 21.9 Å². The molecule has 0 spiro atoms. The van der Waals surface area contributed by atoms with Crippen LogP contribution in [-0.4, -0.2) is 66.9 Å². The fourth-order valence-electron chi connectivity index (χ4n) is 3.50. The van der Waals surface area contributed by atoms with E-state index in [0.717, 1.165) is 19.3 Å². The van der Waals surface area contributed by atoms with Gasteiger partial charge in [0.1, 0.15) is 16.6 Å². The molecule has 2 aliphatic heterocycles. The lowest BCUT2D eigenvalue weighted by molar-refractivity contribution is -0.145. The molecule has 0 aliphatic carbocycles. The van der Waals surface area contributed by atoms with Crippen LogP contribution in [0.2, 0.25) is 0 Å². The van der Waals surface area contributed by atoms with Crippen LogP contribution in [0.15, 0.2) is 17.2 Å². The molecule has 1 aromatic heterocycles. The van der Waals surface area contributed by atoms with Crippen LogP contribution in [0.5, 0.6) is 0 Å². The molecular weight excluding hydrogens is 346 g/mol. The highest BCUT2D eigenvalue weighted by Gasteiger charge is 2.37. The van der Waals surface area contributed by atoms with Gasteiger partial charge in [-0.05, 0) is 31.7 Å². The number of amides is 1. The molecule has 25 heavy (non-hydrogen) atoms. The minimum Gasteiger partial charge on any atom is -0.467 e. The number of methoxy groups -OCH3 is 1. The topological polar surface area (TPSA) is 88.9 Å². The van der Waals surface area contributed by atoms with Crippen LogP contribution in [-0.2, 0) is 26.6 Å². The number of aromatic nitrogens is 1. The van der Waals surface area contributed by atoms with E-state index < -0.39 is 22.0 Å². The fraction of sp³-hybridized carbons (Fsp3) is 0.625. The standard InChI is InChI=1S/C16H23N3O5S/c1-17-11-12(25(22,23)18-7-3-4-8-18)10-14(17)15(20)19-9-5-6-13(19)16(21)24-2/h10-11,13H,3-9H2,1-2H3. The van der Waals surface area contributed by atoms with Crippen molar-refractivity contribution in [1.82, 2.24) is 13.8 Å². The van der Waals surface area contributed by atoms with Gasteiger partial charge < -0.3 is 14.2 Å². The van der Waals surface area contributed by atoms with E-state index in [1.807, 2.05) is 0 Å². The zero-order chi connectivity index (χ0) is 18.2. The van der Waals surface area contributed by atoms with E-state index in [1.165, 1.54) is 33.1 Å². The molecule has 2 saturated heterocycles. The second-order valence-electron chi connectivity index (χ2n) is 6.46. The second-order valence-corrected chi connectivity index (χ2v) is 8.40. The summed E-state index contributed by atoms with van der Waals surface area (Å²) in [6, 6.07) is 0.800. The first kappa shape index (κ1) is 17.9. The number of hydrogen-bond acceptors (Lipinski definition) is 5. The molecule has 138 valence electrons. The number of sulfonamides is 1. The van der Waals surface area contributed by atoms with Crippen LogP contribution < -0.4 is 0 Å². The van der Waals surface area contributed by atoms with Gasteiger partial charge in [0.05, 0.1) is 7.11 Å². The van der Waals surface area contributed by atoms with E-state index in [0.29, 0.717) is 26.1 Å². The Morgan fingerprint density at radius 3 is 2.48 bits per heavy atom. The molecule has 1 aromatic rings. The summed E-state index contributed by atoms with van der Waals surface area (Å²) in [7, 11) is -0.645. The van der Waals surface area contributed by atoms with Crippen LogP contribution in [0.3, 0.4) is 0 Å². The maximum atomic E-state index is 12.8. The number of esters is 1. The molecule has 0 bridgehead atoms. The van der Waals surface area contributed by atoms with Crippen molar-refractivity contribution in [2.24, 2.45) is 7.05 Å². The normalized spacial score (nSPS) is 21.7. The molecule has 1 unspecified atom stereocenters. The van der Waals surface area contributed by atoms with E-state index in [2.05, 4.69) is 0 Å². The Morgan fingerprint density at radius 1 is 1.16 bits per heavy atom. The van der Waals surface area contributed by atoms with Crippen molar-refractivity contribution in [2.75, 3.05) is 26.7 Å². The first-order valence-corrected chi connectivity index (χ1v) is 9.85. The molecule has 3 heterocycles. The zero-order valence-electron chi connectivity index (χ0n) is 14.5. The highest BCUT2D eigenvalue weighted by molar-refractivity contribution is 7.89. The molecule has 9 heteroatoms. The number of carbonyl (C=O) groups is 2. The van der Waals surface area contributed by atoms with E-state index in [1.54, 1.807) is 7.05 Å². The lowest BCUT2D eigenvalue weighted by Gasteiger charge is -2.22. The average Bonchev–Trinajstić information content (AvgIpc) is 3.32. The summed E-state index contributed by atoms with van der Waals surface area (Å²) in [5, 5.41) is 0. The Morgan fingerprint density at radius 2 is 1.84 bits per heavy atom. The third-order valence-electron chi connectivity index (χ3n) is 4.89. The molecular formula is C16H23N3O5S. The van der Waals surface area contributed by atoms with E-state index in [9.17, 15) is 18.0 Å². The summed E-state index contributed by atoms with van der Waals surface area (Å²) in [5.74, 6) is -0.789. The molecule has 0 aromatic carbocycles. The second kappa shape index (κ2) is 6.80. The monoisotopic (exact) mass is 369 g/mol. The summed E-state index contributed by atoms with van der Waals surface area (Å²) < 4.78 is 33.1. The van der Waals surface area contributed by atoms with E-state index in [-0.39, 0.29) is 16.5 Å². The molecule has 0 N–H and O–H groups in total. The minimum absolute atomic E-state index is 0.120. The van der Waals surface area contributed by atoms with E-state index >= 15 is 0 Å². The molecule has 0 radical (unpaired) electrons. The molecule has 2 fully saturated rings. The smallest absolute Gasteiger partial charge is 0.328 e. The van der Waals surface area contributed by atoms with Crippen molar-refractivity contribution in [3.63, 3.8) is 0 Å². The van der Waals surface area contributed by atoms with Gasteiger partial charge in [0.15, 0.2) is 0 Å². The molecule has 8 nitrogen and oxygen atoms in total. The molecule has 1 atom stereocenters. The van der Waals surface area contributed by atoms with Crippen LogP contribution in [0, 0.1) is 0 Å². The van der Waals surface area contributed by atoms with Gasteiger partial charge in [-0.1, -0.05) is 0 Å². The third kappa shape index (κ3) is 3.18. The number of ether oxygens (including phenoxy) is 1. The molecule has 2 aliphatic rings. The number of nitrogens with zero attached hydrogens (tertiary/aromatic N) is 3. The highest BCUT2D eigenvalue weighted by atomic mass is 32.2. The lowest BCUT2D eigenvalue weighted by Crippen LogP contribution is -2.41. The fourth-order valence-corrected chi connectivity index (χ4v) is 5.09. The Labute approximate surface area is 147 Å². The van der Waals surface area contributed by atoms with Crippen molar-refractivity contribution < 1.29 is 22.7 Å². The Bertz CT molecular complexity index is 780. The van der Waals surface area contributed by atoms with Crippen LogP contribution in [0.4, 0.5) is 0 Å². The maximum Gasteiger partial charge on any atom is 0.328 e. The lowest BCUT2D eigenvalue weighted by atomic mass is 10.2. The summed E-state index contributed by atoms with van der Waals surface area (Å²) >= 11 is 0. The van der Waals surface area contributed by atoms with Crippen molar-refractivity contribution in [3.05, 3.63) is 18.0 Å². The van der Waals surface area contributed by atoms with Gasteiger partial charge in [-0.3, -0.25) is 4.79 Å². The van der Waals surface area contributed by atoms with Gasteiger partial charge in [-0.2, -0.15) is 4.31 Å². The van der Waals surface area contributed by atoms with Gasteiger partial charge in [-0.25, -0.2) is 13.2 Å². The van der Waals surface area contributed by atoms with Gasteiger partial charge in [0, 0.05) is 32.9 Å². The van der Waals surface area contributed by atoms with Crippen molar-refractivity contribution in [2.45, 2.75) is 36.6 Å². The van der Waals surface area contributed by atoms with Gasteiger partial charge in [0.2, 0.25) is 10.0 Å². The van der Waals surface area contributed by atoms with Crippen molar-refractivity contribution in [1.29, 1.82) is 0 Å². The molecule has 1 amide bonds. The average molecular weight is 369 g/mol. The summed E-state index contributed by atoms with van der Waals surface area (Å²) in [6.07, 6.45) is 4.44. The number of rotatable bonds is 4. The minimum atomic E-state index is -3.58. The third-order valence-corrected chi connectivity index (χ3v) is 6.75. The Kier molecular flexibility index (Phi) is 4.88. The number of likely N-dealkylation sites (tertiary alicyclic amines) is 1. The highest BCUT2D eigenvalue weighted by Crippen LogP contribution is 2.25. The first-order chi connectivity index (χ1) is 11.9. The first-order valence-electron chi connectivity index (χ1n) is 8.41. The quantitative estimate of drug-likeness (QED) is 0.725. The summed E-state index contributed by atoms with van der Waals surface area (Å²) in [4.78, 5) is 26.3. The van der Waals surface area contributed by atoms with Gasteiger partial charge >= 0.3 is 5.97 Å². The summed E-state index contributed by atoms with van der Waals surface area (Å²) in [5.41, 5.74) is 0.258. The predicted octanol–water partition coefficient (Wildman–Crippen LogP) is 0.587. The zero-order valence-corrected chi connectivity index (χ0v) is 15.3. The number of aryl methyl sites for hydroxylation is 1. The van der Waals surface area contributed by atoms with Crippen LogP contribution in [0.25, 0.3) is 0 Å². The van der Waals surface area contributed by atoms with Gasteiger partial charge in [-0.15, -0.1) is 0 Å². The van der Waals surface area contributed by atoms with Crippen molar-refractivity contribution in [3.8, 4) is 0 Å². The predicted molar refractivity (Wildman–Crippen MR) is 89.5 cm³/mol. The van der Waals surface area contributed by atoms with Gasteiger partial charge in [0.25, 0.3) is 5.91 Å². The number of carbonyl (C=O) groups excluding carboxylic acids is 2. The van der Waals surface area contributed by atoms with E-state index in [4.69, 9.17) is 4.74 Å². The number of hydrogen-bond donors (Lipinski definition) is 0. The SMILES string of the molecule is COC(=O)C1CCCN1C(=O)c1cc(S(=O)(=O)N2CCCC2)cn1C. The Balaban J connectivity index is 1.87. The largest absolute Gasteiger partial charge is 0.467 e. The molecule has 0 saturated carbocycles. The van der Waals surface area contributed by atoms with Crippen LogP contribution in [0.1, 0.15) is 36.2 Å². The Hall–Kier alpha value is -1.87. The maximum absolute atomic E-state index is 12.8.